The second-order valence-electron chi connectivity index (χ2n) is 4.75. The van der Waals surface area contributed by atoms with E-state index in [1.54, 1.807) is 0 Å². The molecule has 1 nitrogen and oxygen atoms in total. The van der Waals surface area contributed by atoms with Crippen molar-refractivity contribution in [2.24, 2.45) is 0 Å². The predicted molar refractivity (Wildman–Crippen MR) is 82.1 cm³/mol. The Morgan fingerprint density at radius 3 is 2.53 bits per heavy atom. The van der Waals surface area contributed by atoms with Crippen molar-refractivity contribution in [3.63, 3.8) is 0 Å². The van der Waals surface area contributed by atoms with E-state index in [9.17, 15) is 0 Å². The Balaban J connectivity index is 1.93. The zero-order valence-electron chi connectivity index (χ0n) is 10.9. The summed E-state index contributed by atoms with van der Waals surface area (Å²) < 4.78 is 0. The monoisotopic (exact) mass is 247 g/mol. The number of hydrogen-bond donors (Lipinski definition) is 0. The molecule has 0 aromatic heterocycles. The fourth-order valence-electron chi connectivity index (χ4n) is 2.56. The molecule has 0 N–H and O–H groups in total. The Kier molecular flexibility index (Phi) is 3.20. The molecular formula is C18H17N. The van der Waals surface area contributed by atoms with Crippen LogP contribution in [0.2, 0.25) is 0 Å². The fraction of sp³-hybridized carbons (Fsp3) is 0.111. The summed E-state index contributed by atoms with van der Waals surface area (Å²) in [6, 6.07) is 19.1. The van der Waals surface area contributed by atoms with E-state index in [-0.39, 0.29) is 0 Å². The van der Waals surface area contributed by atoms with Crippen molar-refractivity contribution >= 4 is 11.3 Å². The maximum atomic E-state index is 3.91. The lowest BCUT2D eigenvalue weighted by molar-refractivity contribution is 0.859. The summed E-state index contributed by atoms with van der Waals surface area (Å²) in [6.45, 7) is 5.79. The van der Waals surface area contributed by atoms with Crippen LogP contribution in [-0.4, -0.2) is 6.54 Å². The molecule has 94 valence electrons. The van der Waals surface area contributed by atoms with Gasteiger partial charge in [-0.25, -0.2) is 0 Å². The number of anilines is 1. The average Bonchev–Trinajstić information content (AvgIpc) is 2.49. The largest absolute Gasteiger partial charge is 0.363 e. The molecule has 0 saturated carbocycles. The summed E-state index contributed by atoms with van der Waals surface area (Å²) in [5.41, 5.74) is 5.15. The van der Waals surface area contributed by atoms with Crippen LogP contribution in [0, 0.1) is 0 Å². The van der Waals surface area contributed by atoms with E-state index in [1.165, 1.54) is 22.4 Å². The standard InChI is InChI=1S/C18H17N/c1-2-16-12-13-19(14-15-8-4-3-5-9-15)18-11-7-6-10-17(16)18/h2-12H,1,13-14H2. The van der Waals surface area contributed by atoms with Gasteiger partial charge in [0.05, 0.1) is 0 Å². The van der Waals surface area contributed by atoms with E-state index < -0.39 is 0 Å². The summed E-state index contributed by atoms with van der Waals surface area (Å²) in [5.74, 6) is 0. The second kappa shape index (κ2) is 5.15. The zero-order chi connectivity index (χ0) is 13.1. The van der Waals surface area contributed by atoms with Gasteiger partial charge in [0, 0.05) is 24.3 Å². The molecule has 3 rings (SSSR count). The van der Waals surface area contributed by atoms with Gasteiger partial charge in [-0.3, -0.25) is 0 Å². The first-order chi connectivity index (χ1) is 9.38. The molecule has 0 atom stereocenters. The van der Waals surface area contributed by atoms with Crippen molar-refractivity contribution in [2.75, 3.05) is 11.4 Å². The van der Waals surface area contributed by atoms with Crippen molar-refractivity contribution in [1.82, 2.24) is 0 Å². The van der Waals surface area contributed by atoms with Crippen LogP contribution in [0.5, 0.6) is 0 Å². The maximum absolute atomic E-state index is 3.91. The van der Waals surface area contributed by atoms with Gasteiger partial charge < -0.3 is 4.90 Å². The Labute approximate surface area is 114 Å². The van der Waals surface area contributed by atoms with Crippen molar-refractivity contribution in [2.45, 2.75) is 6.54 Å². The first-order valence-electron chi connectivity index (χ1n) is 6.59. The van der Waals surface area contributed by atoms with E-state index >= 15 is 0 Å². The highest BCUT2D eigenvalue weighted by atomic mass is 15.1. The minimum absolute atomic E-state index is 0.938. The van der Waals surface area contributed by atoms with Gasteiger partial charge in [0.1, 0.15) is 0 Å². The summed E-state index contributed by atoms with van der Waals surface area (Å²) in [4.78, 5) is 2.40. The van der Waals surface area contributed by atoms with E-state index in [4.69, 9.17) is 0 Å². The minimum Gasteiger partial charge on any atom is -0.363 e. The van der Waals surface area contributed by atoms with Gasteiger partial charge in [-0.15, -0.1) is 0 Å². The smallest absolute Gasteiger partial charge is 0.0451 e. The van der Waals surface area contributed by atoms with E-state index in [2.05, 4.69) is 72.2 Å². The zero-order valence-corrected chi connectivity index (χ0v) is 10.9. The molecule has 0 unspecified atom stereocenters. The van der Waals surface area contributed by atoms with Crippen molar-refractivity contribution in [3.8, 4) is 0 Å². The summed E-state index contributed by atoms with van der Waals surface area (Å²) in [7, 11) is 0. The van der Waals surface area contributed by atoms with Gasteiger partial charge in [0.15, 0.2) is 0 Å². The molecule has 0 saturated heterocycles. The Morgan fingerprint density at radius 2 is 1.74 bits per heavy atom. The number of para-hydroxylation sites is 1. The van der Waals surface area contributed by atoms with Crippen LogP contribution in [0.1, 0.15) is 11.1 Å². The molecule has 1 heteroatoms. The third kappa shape index (κ3) is 2.32. The Hall–Kier alpha value is -2.28. The SMILES string of the molecule is C=CC1=CCN(Cc2ccccc2)c2ccccc21. The molecule has 1 heterocycles. The van der Waals surface area contributed by atoms with Crippen LogP contribution >= 0.6 is 0 Å². The molecule has 1 aliphatic rings. The molecule has 0 fully saturated rings. The van der Waals surface area contributed by atoms with Crippen LogP contribution in [0.4, 0.5) is 5.69 Å². The Bertz CT molecular complexity index is 611. The lowest BCUT2D eigenvalue weighted by Crippen LogP contribution is -2.26. The molecule has 1 aliphatic heterocycles. The summed E-state index contributed by atoms with van der Waals surface area (Å²) in [5, 5.41) is 0. The van der Waals surface area contributed by atoms with Crippen molar-refractivity contribution in [1.29, 1.82) is 0 Å². The highest BCUT2D eigenvalue weighted by molar-refractivity contribution is 5.84. The lowest BCUT2D eigenvalue weighted by atomic mass is 9.98. The molecule has 0 amide bonds. The predicted octanol–water partition coefficient (Wildman–Crippen LogP) is 4.28. The lowest BCUT2D eigenvalue weighted by Gasteiger charge is -2.30. The second-order valence-corrected chi connectivity index (χ2v) is 4.75. The van der Waals surface area contributed by atoms with E-state index in [0.717, 1.165) is 13.1 Å². The number of fused-ring (bicyclic) bond motifs is 1. The summed E-state index contributed by atoms with van der Waals surface area (Å²) in [6.07, 6.45) is 4.19. The van der Waals surface area contributed by atoms with Crippen molar-refractivity contribution in [3.05, 3.63) is 84.5 Å². The molecule has 19 heavy (non-hydrogen) atoms. The van der Waals surface area contributed by atoms with Gasteiger partial charge in [-0.2, -0.15) is 0 Å². The highest BCUT2D eigenvalue weighted by Gasteiger charge is 2.16. The van der Waals surface area contributed by atoms with E-state index in [0.29, 0.717) is 0 Å². The molecule has 0 aliphatic carbocycles. The first-order valence-corrected chi connectivity index (χ1v) is 6.59. The molecule has 0 spiro atoms. The van der Waals surface area contributed by atoms with E-state index in [1.807, 2.05) is 6.08 Å². The normalized spacial score (nSPS) is 13.7. The molecular weight excluding hydrogens is 230 g/mol. The number of rotatable bonds is 3. The third-order valence-electron chi connectivity index (χ3n) is 3.52. The van der Waals surface area contributed by atoms with Crippen LogP contribution < -0.4 is 4.90 Å². The molecule has 0 bridgehead atoms. The first kappa shape index (κ1) is 11.8. The van der Waals surface area contributed by atoms with Crippen molar-refractivity contribution < 1.29 is 0 Å². The summed E-state index contributed by atoms with van der Waals surface area (Å²) >= 11 is 0. The highest BCUT2D eigenvalue weighted by Crippen LogP contribution is 2.32. The van der Waals surface area contributed by atoms with Gasteiger partial charge in [0.25, 0.3) is 0 Å². The fourth-order valence-corrected chi connectivity index (χ4v) is 2.56. The van der Waals surface area contributed by atoms with Crippen LogP contribution in [0.25, 0.3) is 5.57 Å². The molecule has 2 aromatic carbocycles. The average molecular weight is 247 g/mol. The van der Waals surface area contributed by atoms with Crippen LogP contribution in [0.15, 0.2) is 73.3 Å². The Morgan fingerprint density at radius 1 is 1.00 bits per heavy atom. The van der Waals surface area contributed by atoms with Crippen LogP contribution in [-0.2, 0) is 6.54 Å². The molecule has 0 radical (unpaired) electrons. The number of benzene rings is 2. The number of nitrogens with zero attached hydrogens (tertiary/aromatic N) is 1. The van der Waals surface area contributed by atoms with Gasteiger partial charge in [-0.05, 0) is 17.2 Å². The minimum atomic E-state index is 0.938. The van der Waals surface area contributed by atoms with Gasteiger partial charge in [0.2, 0.25) is 0 Å². The topological polar surface area (TPSA) is 3.24 Å². The molecule has 2 aromatic rings. The number of hydrogen-bond acceptors (Lipinski definition) is 1. The van der Waals surface area contributed by atoms with Gasteiger partial charge >= 0.3 is 0 Å². The third-order valence-corrected chi connectivity index (χ3v) is 3.52. The van der Waals surface area contributed by atoms with Crippen LogP contribution in [0.3, 0.4) is 0 Å². The quantitative estimate of drug-likeness (QED) is 0.782. The number of allylic oxidation sites excluding steroid dienone is 2. The van der Waals surface area contributed by atoms with Gasteiger partial charge in [-0.1, -0.05) is 67.3 Å². The maximum Gasteiger partial charge on any atom is 0.0451 e.